The highest BCUT2D eigenvalue weighted by Gasteiger charge is 2.28. The molecular weight excluding hydrogens is 515 g/mol. The Hall–Kier alpha value is -2.54. The van der Waals surface area contributed by atoms with Crippen molar-refractivity contribution in [3.63, 3.8) is 0 Å². The summed E-state index contributed by atoms with van der Waals surface area (Å²) in [6.45, 7) is 3.49. The summed E-state index contributed by atoms with van der Waals surface area (Å²) in [7, 11) is -4.04. The molecule has 0 heterocycles. The molecule has 1 N–H and O–H groups in total. The summed E-state index contributed by atoms with van der Waals surface area (Å²) in [4.78, 5) is 13.4. The zero-order valence-electron chi connectivity index (χ0n) is 20.4. The summed E-state index contributed by atoms with van der Waals surface area (Å²) in [5.41, 5.74) is 4.95. The van der Waals surface area contributed by atoms with E-state index in [9.17, 15) is 13.2 Å². The molecule has 4 rings (SSSR count). The fourth-order valence-corrected chi connectivity index (χ4v) is 6.26. The molecule has 1 aliphatic rings. The van der Waals surface area contributed by atoms with Gasteiger partial charge in [0.1, 0.15) is 6.54 Å². The molecule has 1 atom stereocenters. The van der Waals surface area contributed by atoms with Crippen LogP contribution in [0.1, 0.15) is 54.5 Å². The number of amides is 1. The second-order valence-electron chi connectivity index (χ2n) is 9.19. The number of anilines is 1. The number of hydrogen-bond acceptors (Lipinski definition) is 3. The molecule has 3 aromatic rings. The molecule has 0 saturated carbocycles. The summed E-state index contributed by atoms with van der Waals surface area (Å²) in [5, 5.41) is 3.55. The predicted octanol–water partition coefficient (Wildman–Crippen LogP) is 6.64. The number of sulfonamides is 1. The maximum Gasteiger partial charge on any atom is 0.264 e. The van der Waals surface area contributed by atoms with Gasteiger partial charge in [-0.25, -0.2) is 8.42 Å². The van der Waals surface area contributed by atoms with Crippen molar-refractivity contribution >= 4 is 44.8 Å². The highest BCUT2D eigenvalue weighted by Crippen LogP contribution is 2.31. The van der Waals surface area contributed by atoms with E-state index < -0.39 is 22.5 Å². The molecule has 36 heavy (non-hydrogen) atoms. The van der Waals surface area contributed by atoms with Crippen molar-refractivity contribution in [2.24, 2.45) is 0 Å². The number of nitrogens with one attached hydrogen (secondary N) is 1. The van der Waals surface area contributed by atoms with Crippen LogP contribution in [0.4, 0.5) is 5.69 Å². The van der Waals surface area contributed by atoms with Gasteiger partial charge in [-0.15, -0.1) is 0 Å². The van der Waals surface area contributed by atoms with Gasteiger partial charge in [-0.05, 0) is 86.1 Å². The van der Waals surface area contributed by atoms with Crippen molar-refractivity contribution in [1.29, 1.82) is 0 Å². The SMILES string of the molecule is CC[C@H](NC(=O)CN(c1ccc(Cl)c(Cl)c1)S(=O)(=O)c1ccc(C)cc1)c1ccc2c(c1)CCCC2. The highest BCUT2D eigenvalue weighted by molar-refractivity contribution is 7.92. The van der Waals surface area contributed by atoms with Crippen LogP contribution in [0.3, 0.4) is 0 Å². The topological polar surface area (TPSA) is 66.5 Å². The molecule has 0 aromatic heterocycles. The lowest BCUT2D eigenvalue weighted by Gasteiger charge is -2.26. The van der Waals surface area contributed by atoms with Gasteiger partial charge in [-0.3, -0.25) is 9.10 Å². The molecular formula is C28H30Cl2N2O3S. The molecule has 0 aliphatic heterocycles. The molecule has 1 aliphatic carbocycles. The van der Waals surface area contributed by atoms with Gasteiger partial charge < -0.3 is 5.32 Å². The van der Waals surface area contributed by atoms with Crippen LogP contribution in [0, 0.1) is 6.92 Å². The van der Waals surface area contributed by atoms with E-state index in [2.05, 4.69) is 23.5 Å². The quantitative estimate of drug-likeness (QED) is 0.345. The molecule has 8 heteroatoms. The minimum absolute atomic E-state index is 0.0914. The molecule has 1 amide bonds. The van der Waals surface area contributed by atoms with Crippen molar-refractivity contribution < 1.29 is 13.2 Å². The summed E-state index contributed by atoms with van der Waals surface area (Å²) in [5.74, 6) is -0.402. The zero-order valence-corrected chi connectivity index (χ0v) is 22.8. The Bertz CT molecular complexity index is 1360. The fraction of sp³-hybridized carbons (Fsp3) is 0.321. The first kappa shape index (κ1) is 26.5. The predicted molar refractivity (Wildman–Crippen MR) is 146 cm³/mol. The third-order valence-electron chi connectivity index (χ3n) is 6.61. The molecule has 0 unspecified atom stereocenters. The lowest BCUT2D eigenvalue weighted by Crippen LogP contribution is -2.42. The molecule has 0 saturated heterocycles. The molecule has 0 bridgehead atoms. The van der Waals surface area contributed by atoms with Crippen LogP contribution in [-0.4, -0.2) is 20.9 Å². The monoisotopic (exact) mass is 544 g/mol. The van der Waals surface area contributed by atoms with E-state index in [1.807, 2.05) is 13.8 Å². The van der Waals surface area contributed by atoms with E-state index in [0.717, 1.165) is 28.3 Å². The number of halogens is 2. The van der Waals surface area contributed by atoms with Crippen molar-refractivity contribution in [3.05, 3.63) is 93.0 Å². The number of benzene rings is 3. The van der Waals surface area contributed by atoms with Crippen LogP contribution in [0.2, 0.25) is 10.0 Å². The van der Waals surface area contributed by atoms with Crippen molar-refractivity contribution in [3.8, 4) is 0 Å². The van der Waals surface area contributed by atoms with Gasteiger partial charge in [-0.1, -0.05) is 66.0 Å². The third kappa shape index (κ3) is 5.88. The van der Waals surface area contributed by atoms with Crippen molar-refractivity contribution in [1.82, 2.24) is 5.32 Å². The van der Waals surface area contributed by atoms with Gasteiger partial charge in [-0.2, -0.15) is 0 Å². The first-order valence-corrected chi connectivity index (χ1v) is 14.3. The zero-order chi connectivity index (χ0) is 25.9. The maximum absolute atomic E-state index is 13.6. The van der Waals surface area contributed by atoms with E-state index in [1.54, 1.807) is 18.2 Å². The molecule has 0 fully saturated rings. The Kier molecular flexibility index (Phi) is 8.28. The molecule has 190 valence electrons. The number of hydrogen-bond donors (Lipinski definition) is 1. The molecule has 5 nitrogen and oxygen atoms in total. The standard InChI is InChI=1S/C28H30Cl2N2O3S/c1-3-27(22-11-10-20-6-4-5-7-21(20)16-22)31-28(33)18-32(23-12-15-25(29)26(30)17-23)36(34,35)24-13-8-19(2)9-14-24/h8-17,27H,3-7,18H2,1-2H3,(H,31,33)/t27-/m0/s1. The number of rotatable bonds is 8. The van der Waals surface area contributed by atoms with Crippen molar-refractivity contribution in [2.45, 2.75) is 56.9 Å². The summed E-state index contributed by atoms with van der Waals surface area (Å²) >= 11 is 12.3. The van der Waals surface area contributed by atoms with E-state index in [4.69, 9.17) is 23.2 Å². The third-order valence-corrected chi connectivity index (χ3v) is 9.13. The van der Waals surface area contributed by atoms with Crippen LogP contribution < -0.4 is 9.62 Å². The second kappa shape index (κ2) is 11.2. The normalized spacial score (nSPS) is 14.1. The average molecular weight is 546 g/mol. The number of nitrogens with zero attached hydrogens (tertiary/aromatic N) is 1. The second-order valence-corrected chi connectivity index (χ2v) is 11.9. The van der Waals surface area contributed by atoms with Gasteiger partial charge in [0.2, 0.25) is 5.91 Å². The Balaban J connectivity index is 1.62. The van der Waals surface area contributed by atoms with E-state index in [-0.39, 0.29) is 21.6 Å². The number of fused-ring (bicyclic) bond motifs is 1. The van der Waals surface area contributed by atoms with Gasteiger partial charge in [0.05, 0.1) is 26.7 Å². The van der Waals surface area contributed by atoms with Gasteiger partial charge >= 0.3 is 0 Å². The molecule has 0 spiro atoms. The summed E-state index contributed by atoms with van der Waals surface area (Å²) in [6, 6.07) is 17.2. The van der Waals surface area contributed by atoms with E-state index in [0.29, 0.717) is 11.4 Å². The lowest BCUT2D eigenvalue weighted by molar-refractivity contribution is -0.120. The first-order valence-electron chi connectivity index (χ1n) is 12.1. The first-order chi connectivity index (χ1) is 17.2. The summed E-state index contributed by atoms with van der Waals surface area (Å²) < 4.78 is 28.3. The Morgan fingerprint density at radius 1 is 0.944 bits per heavy atom. The van der Waals surface area contributed by atoms with Crippen LogP contribution in [-0.2, 0) is 27.7 Å². The van der Waals surface area contributed by atoms with E-state index >= 15 is 0 Å². The van der Waals surface area contributed by atoms with Crippen LogP contribution in [0.5, 0.6) is 0 Å². The average Bonchev–Trinajstić information content (AvgIpc) is 2.87. The fourth-order valence-electron chi connectivity index (χ4n) is 4.55. The van der Waals surface area contributed by atoms with Crippen molar-refractivity contribution in [2.75, 3.05) is 10.8 Å². The van der Waals surface area contributed by atoms with Crippen LogP contribution in [0.25, 0.3) is 0 Å². The lowest BCUT2D eigenvalue weighted by atomic mass is 9.89. The minimum Gasteiger partial charge on any atom is -0.348 e. The number of aryl methyl sites for hydroxylation is 3. The Morgan fingerprint density at radius 2 is 1.64 bits per heavy atom. The largest absolute Gasteiger partial charge is 0.348 e. The van der Waals surface area contributed by atoms with Crippen LogP contribution in [0.15, 0.2) is 65.6 Å². The Labute approximate surface area is 223 Å². The Morgan fingerprint density at radius 3 is 2.31 bits per heavy atom. The minimum atomic E-state index is -4.04. The van der Waals surface area contributed by atoms with Crippen LogP contribution >= 0.6 is 23.2 Å². The highest BCUT2D eigenvalue weighted by atomic mass is 35.5. The van der Waals surface area contributed by atoms with Gasteiger partial charge in [0.25, 0.3) is 10.0 Å². The number of carbonyl (C=O) groups excluding carboxylic acids is 1. The van der Waals surface area contributed by atoms with Gasteiger partial charge in [0, 0.05) is 0 Å². The summed E-state index contributed by atoms with van der Waals surface area (Å²) in [6.07, 6.45) is 5.21. The molecule has 0 radical (unpaired) electrons. The maximum atomic E-state index is 13.6. The molecule has 3 aromatic carbocycles. The smallest absolute Gasteiger partial charge is 0.264 e. The number of carbonyl (C=O) groups is 1. The van der Waals surface area contributed by atoms with Gasteiger partial charge in [0.15, 0.2) is 0 Å². The van der Waals surface area contributed by atoms with E-state index in [1.165, 1.54) is 48.2 Å².